The zero-order valence-corrected chi connectivity index (χ0v) is 13.3. The lowest BCUT2D eigenvalue weighted by Gasteiger charge is -2.15. The van der Waals surface area contributed by atoms with Crippen molar-refractivity contribution in [3.05, 3.63) is 21.8 Å². The molecule has 2 N–H and O–H groups in total. The van der Waals surface area contributed by atoms with Gasteiger partial charge in [0.2, 0.25) is 11.9 Å². The van der Waals surface area contributed by atoms with Crippen molar-refractivity contribution in [1.82, 2.24) is 14.5 Å². The molecule has 3 rings (SSSR count). The molecular weight excluding hydrogens is 367 g/mol. The number of halogens is 1. The molecule has 1 saturated heterocycles. The predicted octanol–water partition coefficient (Wildman–Crippen LogP) is 2.24. The van der Waals surface area contributed by atoms with Crippen LogP contribution in [0, 0.1) is 3.57 Å². The van der Waals surface area contributed by atoms with Crippen molar-refractivity contribution in [2.24, 2.45) is 0 Å². The number of anilines is 1. The van der Waals surface area contributed by atoms with Gasteiger partial charge in [0.1, 0.15) is 0 Å². The highest BCUT2D eigenvalue weighted by atomic mass is 127. The van der Waals surface area contributed by atoms with Crippen molar-refractivity contribution in [2.45, 2.75) is 25.8 Å². The van der Waals surface area contributed by atoms with E-state index >= 15 is 0 Å². The fourth-order valence-corrected chi connectivity index (χ4v) is 3.16. The number of nitrogens with zero attached hydrogens (tertiary/aromatic N) is 3. The number of benzene rings is 1. The van der Waals surface area contributed by atoms with E-state index in [0.29, 0.717) is 18.9 Å². The van der Waals surface area contributed by atoms with E-state index in [9.17, 15) is 4.79 Å². The number of nitrogens with two attached hydrogens (primary N) is 1. The molecule has 2 aromatic rings. The second-order valence-electron chi connectivity index (χ2n) is 5.09. The van der Waals surface area contributed by atoms with Gasteiger partial charge in [-0.1, -0.05) is 0 Å². The zero-order valence-electron chi connectivity index (χ0n) is 11.2. The normalized spacial score (nSPS) is 15.2. The predicted molar refractivity (Wildman–Crippen MR) is 87.3 cm³/mol. The molecule has 1 aromatic heterocycles. The van der Waals surface area contributed by atoms with Crippen LogP contribution in [0.2, 0.25) is 0 Å². The number of hydrogen-bond acceptors (Lipinski definition) is 3. The molecule has 0 spiro atoms. The smallest absolute Gasteiger partial charge is 0.224 e. The van der Waals surface area contributed by atoms with E-state index in [2.05, 4.69) is 27.6 Å². The molecule has 20 heavy (non-hydrogen) atoms. The third kappa shape index (κ3) is 2.61. The Hall–Kier alpha value is -1.31. The highest BCUT2D eigenvalue weighted by molar-refractivity contribution is 14.1. The number of likely N-dealkylation sites (tertiary alicyclic amines) is 1. The van der Waals surface area contributed by atoms with Gasteiger partial charge in [0.25, 0.3) is 0 Å². The molecule has 2 heterocycles. The largest absolute Gasteiger partial charge is 0.369 e. The lowest BCUT2D eigenvalue weighted by Crippen LogP contribution is -2.28. The first-order valence-corrected chi connectivity index (χ1v) is 7.92. The third-order valence-corrected chi connectivity index (χ3v) is 4.42. The number of fused-ring (bicyclic) bond motifs is 1. The standard InChI is InChI=1S/C14H17IN4O/c15-10-3-4-12-11(9-10)17-14(16)19(12)8-5-13(20)18-6-1-2-7-18/h3-4,9H,1-2,5-8H2,(H2,16,17). The number of imidazole rings is 1. The third-order valence-electron chi connectivity index (χ3n) is 3.75. The van der Waals surface area contributed by atoms with Crippen LogP contribution in [0.1, 0.15) is 19.3 Å². The van der Waals surface area contributed by atoms with Crippen molar-refractivity contribution in [1.29, 1.82) is 0 Å². The van der Waals surface area contributed by atoms with Crippen LogP contribution in [0.3, 0.4) is 0 Å². The van der Waals surface area contributed by atoms with Crippen molar-refractivity contribution in [3.8, 4) is 0 Å². The Kier molecular flexibility index (Phi) is 3.82. The summed E-state index contributed by atoms with van der Waals surface area (Å²) in [6.07, 6.45) is 2.74. The number of hydrogen-bond donors (Lipinski definition) is 1. The van der Waals surface area contributed by atoms with E-state index < -0.39 is 0 Å². The minimum Gasteiger partial charge on any atom is -0.369 e. The number of rotatable bonds is 3. The average molecular weight is 384 g/mol. The van der Waals surface area contributed by atoms with Gasteiger partial charge in [0.15, 0.2) is 0 Å². The summed E-state index contributed by atoms with van der Waals surface area (Å²) >= 11 is 2.26. The average Bonchev–Trinajstić information content (AvgIpc) is 3.03. The van der Waals surface area contributed by atoms with Gasteiger partial charge in [-0.25, -0.2) is 4.98 Å². The van der Waals surface area contributed by atoms with Gasteiger partial charge in [-0.05, 0) is 53.6 Å². The number of amides is 1. The SMILES string of the molecule is Nc1nc2cc(I)ccc2n1CCC(=O)N1CCCC1. The summed E-state index contributed by atoms with van der Waals surface area (Å²) in [4.78, 5) is 18.4. The number of nitrogen functional groups attached to an aromatic ring is 1. The Bertz CT molecular complexity index is 646. The van der Waals surface area contributed by atoms with Crippen LogP contribution in [0.15, 0.2) is 18.2 Å². The first-order chi connectivity index (χ1) is 9.65. The van der Waals surface area contributed by atoms with Crippen LogP contribution in [0.5, 0.6) is 0 Å². The zero-order chi connectivity index (χ0) is 14.1. The van der Waals surface area contributed by atoms with E-state index in [1.807, 2.05) is 27.7 Å². The summed E-state index contributed by atoms with van der Waals surface area (Å²) in [6, 6.07) is 6.05. The molecule has 1 aliphatic rings. The highest BCUT2D eigenvalue weighted by Gasteiger charge is 2.18. The molecule has 5 nitrogen and oxygen atoms in total. The van der Waals surface area contributed by atoms with Crippen molar-refractivity contribution >= 4 is 45.5 Å². The highest BCUT2D eigenvalue weighted by Crippen LogP contribution is 2.21. The quantitative estimate of drug-likeness (QED) is 0.826. The van der Waals surface area contributed by atoms with Gasteiger partial charge >= 0.3 is 0 Å². The topological polar surface area (TPSA) is 64.1 Å². The second kappa shape index (κ2) is 5.59. The number of aromatic nitrogens is 2. The maximum atomic E-state index is 12.1. The van der Waals surface area contributed by atoms with E-state index in [-0.39, 0.29) is 5.91 Å². The van der Waals surface area contributed by atoms with Crippen LogP contribution in [-0.2, 0) is 11.3 Å². The lowest BCUT2D eigenvalue weighted by atomic mass is 10.3. The van der Waals surface area contributed by atoms with Crippen LogP contribution < -0.4 is 5.73 Å². The number of carbonyl (C=O) groups is 1. The van der Waals surface area contributed by atoms with Crippen molar-refractivity contribution in [2.75, 3.05) is 18.8 Å². The lowest BCUT2D eigenvalue weighted by molar-refractivity contribution is -0.130. The van der Waals surface area contributed by atoms with E-state index in [4.69, 9.17) is 5.73 Å². The molecule has 0 aliphatic carbocycles. The summed E-state index contributed by atoms with van der Waals surface area (Å²) in [5.74, 6) is 0.700. The fourth-order valence-electron chi connectivity index (χ4n) is 2.69. The molecule has 106 valence electrons. The minimum absolute atomic E-state index is 0.217. The first kappa shape index (κ1) is 13.7. The molecule has 1 fully saturated rings. The molecule has 1 aliphatic heterocycles. The van der Waals surface area contributed by atoms with Crippen molar-refractivity contribution < 1.29 is 4.79 Å². The van der Waals surface area contributed by atoms with Crippen molar-refractivity contribution in [3.63, 3.8) is 0 Å². The van der Waals surface area contributed by atoms with Gasteiger partial charge < -0.3 is 15.2 Å². The molecule has 0 atom stereocenters. The van der Waals surface area contributed by atoms with Crippen LogP contribution in [0.25, 0.3) is 11.0 Å². The Labute approximate surface area is 131 Å². The summed E-state index contributed by atoms with van der Waals surface area (Å²) in [5, 5.41) is 0. The van der Waals surface area contributed by atoms with Crippen LogP contribution in [0.4, 0.5) is 5.95 Å². The summed E-state index contributed by atoms with van der Waals surface area (Å²) in [6.45, 7) is 2.40. The second-order valence-corrected chi connectivity index (χ2v) is 6.34. The molecule has 0 radical (unpaired) electrons. The Morgan fingerprint density at radius 2 is 2.10 bits per heavy atom. The fraction of sp³-hybridized carbons (Fsp3) is 0.429. The monoisotopic (exact) mass is 384 g/mol. The molecule has 1 amide bonds. The number of aryl methyl sites for hydroxylation is 1. The first-order valence-electron chi connectivity index (χ1n) is 6.84. The maximum absolute atomic E-state index is 12.1. The molecule has 0 bridgehead atoms. The minimum atomic E-state index is 0.217. The van der Waals surface area contributed by atoms with Gasteiger partial charge in [-0.3, -0.25) is 4.79 Å². The molecular formula is C14H17IN4O. The molecule has 6 heteroatoms. The molecule has 1 aromatic carbocycles. The van der Waals surface area contributed by atoms with Gasteiger partial charge in [0, 0.05) is 29.6 Å². The molecule has 0 unspecified atom stereocenters. The number of carbonyl (C=O) groups excluding carboxylic acids is 1. The Balaban J connectivity index is 1.77. The van der Waals surface area contributed by atoms with E-state index in [1.165, 1.54) is 0 Å². The van der Waals surface area contributed by atoms with E-state index in [1.54, 1.807) is 0 Å². The Morgan fingerprint density at radius 1 is 1.35 bits per heavy atom. The van der Waals surface area contributed by atoms with Gasteiger partial charge in [-0.2, -0.15) is 0 Å². The maximum Gasteiger partial charge on any atom is 0.224 e. The van der Waals surface area contributed by atoms with Gasteiger partial charge in [0.05, 0.1) is 11.0 Å². The van der Waals surface area contributed by atoms with Crippen LogP contribution in [-0.4, -0.2) is 33.4 Å². The summed E-state index contributed by atoms with van der Waals surface area (Å²) in [5.41, 5.74) is 7.86. The van der Waals surface area contributed by atoms with E-state index in [0.717, 1.165) is 40.5 Å². The summed E-state index contributed by atoms with van der Waals surface area (Å²) in [7, 11) is 0. The Morgan fingerprint density at radius 3 is 2.85 bits per heavy atom. The van der Waals surface area contributed by atoms with Crippen LogP contribution >= 0.6 is 22.6 Å². The van der Waals surface area contributed by atoms with Gasteiger partial charge in [-0.15, -0.1) is 0 Å². The summed E-state index contributed by atoms with van der Waals surface area (Å²) < 4.78 is 3.06. The molecule has 0 saturated carbocycles.